The standard InChI is InChI=1S/C18H19BrN2O3/c1-3-24-18-15(19)9-14(10-16(18)23-2)12-20-21-17(22)11-13-7-5-4-6-8-13/h4-10,12H,3,11H2,1-2H3,(H,21,22)/b20-12-. The van der Waals surface area contributed by atoms with Crippen LogP contribution in [0.3, 0.4) is 0 Å². The molecule has 1 amide bonds. The molecule has 0 aromatic heterocycles. The van der Waals surface area contributed by atoms with E-state index in [1.165, 1.54) is 0 Å². The first-order valence-corrected chi connectivity index (χ1v) is 8.29. The zero-order valence-corrected chi connectivity index (χ0v) is 15.2. The molecule has 2 aromatic rings. The van der Waals surface area contributed by atoms with Crippen molar-refractivity contribution in [3.63, 3.8) is 0 Å². The molecule has 2 rings (SSSR count). The van der Waals surface area contributed by atoms with Gasteiger partial charge in [-0.25, -0.2) is 5.43 Å². The highest BCUT2D eigenvalue weighted by Gasteiger charge is 2.10. The molecule has 6 heteroatoms. The van der Waals surface area contributed by atoms with Gasteiger partial charge in [0.2, 0.25) is 5.91 Å². The zero-order valence-electron chi connectivity index (χ0n) is 13.6. The summed E-state index contributed by atoms with van der Waals surface area (Å²) in [6.45, 7) is 2.45. The van der Waals surface area contributed by atoms with Crippen molar-refractivity contribution in [1.29, 1.82) is 0 Å². The third-order valence-corrected chi connectivity index (χ3v) is 3.74. The molecule has 0 spiro atoms. The molecule has 0 atom stereocenters. The maximum atomic E-state index is 11.9. The molecule has 2 aromatic carbocycles. The average Bonchev–Trinajstić information content (AvgIpc) is 2.58. The minimum Gasteiger partial charge on any atom is -0.493 e. The summed E-state index contributed by atoms with van der Waals surface area (Å²) in [5, 5.41) is 3.99. The summed E-state index contributed by atoms with van der Waals surface area (Å²) in [5.74, 6) is 1.07. The predicted octanol–water partition coefficient (Wildman–Crippen LogP) is 3.55. The summed E-state index contributed by atoms with van der Waals surface area (Å²) >= 11 is 3.45. The number of hydrogen-bond donors (Lipinski definition) is 1. The molecular weight excluding hydrogens is 372 g/mol. The second-order valence-corrected chi connectivity index (χ2v) is 5.78. The number of carbonyl (C=O) groups excluding carboxylic acids is 1. The summed E-state index contributed by atoms with van der Waals surface area (Å²) in [6, 6.07) is 13.2. The van der Waals surface area contributed by atoms with E-state index >= 15 is 0 Å². The Morgan fingerprint density at radius 2 is 2.04 bits per heavy atom. The molecule has 24 heavy (non-hydrogen) atoms. The molecule has 0 radical (unpaired) electrons. The van der Waals surface area contributed by atoms with Crippen LogP contribution in [0, 0.1) is 0 Å². The van der Waals surface area contributed by atoms with Crippen LogP contribution in [-0.2, 0) is 11.2 Å². The monoisotopic (exact) mass is 390 g/mol. The molecule has 5 nitrogen and oxygen atoms in total. The van der Waals surface area contributed by atoms with Crippen molar-refractivity contribution < 1.29 is 14.3 Å². The summed E-state index contributed by atoms with van der Waals surface area (Å²) in [7, 11) is 1.58. The normalized spacial score (nSPS) is 10.6. The first kappa shape index (κ1) is 18.0. The molecule has 0 aliphatic rings. The summed E-state index contributed by atoms with van der Waals surface area (Å²) < 4.78 is 11.6. The second-order valence-electron chi connectivity index (χ2n) is 4.92. The van der Waals surface area contributed by atoms with Gasteiger partial charge >= 0.3 is 0 Å². The van der Waals surface area contributed by atoms with Gasteiger partial charge in [0, 0.05) is 0 Å². The fraction of sp³-hybridized carbons (Fsp3) is 0.222. The summed E-state index contributed by atoms with van der Waals surface area (Å²) in [5.41, 5.74) is 4.24. The quantitative estimate of drug-likeness (QED) is 0.580. The highest BCUT2D eigenvalue weighted by atomic mass is 79.9. The topological polar surface area (TPSA) is 59.9 Å². The fourth-order valence-corrected chi connectivity index (χ4v) is 2.67. The van der Waals surface area contributed by atoms with Crippen molar-refractivity contribution in [2.45, 2.75) is 13.3 Å². The van der Waals surface area contributed by atoms with Gasteiger partial charge in [-0.3, -0.25) is 4.79 Å². The maximum absolute atomic E-state index is 11.9. The lowest BCUT2D eigenvalue weighted by Gasteiger charge is -2.11. The van der Waals surface area contributed by atoms with Crippen molar-refractivity contribution in [3.05, 3.63) is 58.1 Å². The summed E-state index contributed by atoms with van der Waals surface area (Å²) in [4.78, 5) is 11.9. The molecule has 0 fully saturated rings. The van der Waals surface area contributed by atoms with E-state index in [0.29, 0.717) is 18.1 Å². The SMILES string of the molecule is CCOc1c(Br)cc(/C=N\NC(=O)Cc2ccccc2)cc1OC. The number of rotatable bonds is 7. The van der Waals surface area contributed by atoms with E-state index in [-0.39, 0.29) is 12.3 Å². The van der Waals surface area contributed by atoms with Gasteiger partial charge in [-0.05, 0) is 46.1 Å². The number of nitrogens with one attached hydrogen (secondary N) is 1. The molecule has 0 bridgehead atoms. The van der Waals surface area contributed by atoms with Crippen LogP contribution in [-0.4, -0.2) is 25.8 Å². The lowest BCUT2D eigenvalue weighted by molar-refractivity contribution is -0.120. The third-order valence-electron chi connectivity index (χ3n) is 3.15. The van der Waals surface area contributed by atoms with E-state index < -0.39 is 0 Å². The van der Waals surface area contributed by atoms with Gasteiger partial charge in [-0.15, -0.1) is 0 Å². The van der Waals surface area contributed by atoms with Crippen LogP contribution in [0.15, 0.2) is 52.0 Å². The van der Waals surface area contributed by atoms with Gasteiger partial charge < -0.3 is 9.47 Å². The fourth-order valence-electron chi connectivity index (χ4n) is 2.10. The van der Waals surface area contributed by atoms with Gasteiger partial charge in [0.25, 0.3) is 0 Å². The third kappa shape index (κ3) is 5.09. The smallest absolute Gasteiger partial charge is 0.244 e. The number of amides is 1. The molecular formula is C18H19BrN2O3. The number of carbonyl (C=O) groups is 1. The van der Waals surface area contributed by atoms with Crippen LogP contribution >= 0.6 is 15.9 Å². The predicted molar refractivity (Wildman–Crippen MR) is 97.7 cm³/mol. The molecule has 0 saturated heterocycles. The second kappa shape index (κ2) is 9.08. The Balaban J connectivity index is 2.01. The van der Waals surface area contributed by atoms with Gasteiger partial charge in [0.1, 0.15) is 0 Å². The molecule has 126 valence electrons. The molecule has 0 unspecified atom stereocenters. The van der Waals surface area contributed by atoms with E-state index in [2.05, 4.69) is 26.5 Å². The Kier molecular flexibility index (Phi) is 6.81. The van der Waals surface area contributed by atoms with Crippen molar-refractivity contribution in [2.24, 2.45) is 5.10 Å². The van der Waals surface area contributed by atoms with Crippen molar-refractivity contribution in [1.82, 2.24) is 5.43 Å². The zero-order chi connectivity index (χ0) is 17.4. The van der Waals surface area contributed by atoms with E-state index in [1.54, 1.807) is 19.4 Å². The Bertz CT molecular complexity index is 718. The first-order valence-electron chi connectivity index (χ1n) is 7.50. The molecule has 0 heterocycles. The number of ether oxygens (including phenoxy) is 2. The first-order chi connectivity index (χ1) is 11.6. The number of halogens is 1. The highest BCUT2D eigenvalue weighted by Crippen LogP contribution is 2.36. The number of methoxy groups -OCH3 is 1. The summed E-state index contributed by atoms with van der Waals surface area (Å²) in [6.07, 6.45) is 1.85. The largest absolute Gasteiger partial charge is 0.493 e. The van der Waals surface area contributed by atoms with Crippen LogP contribution in [0.5, 0.6) is 11.5 Å². The molecule has 0 aliphatic heterocycles. The molecule has 0 saturated carbocycles. The lowest BCUT2D eigenvalue weighted by Crippen LogP contribution is -2.19. The number of benzene rings is 2. The minimum atomic E-state index is -0.172. The van der Waals surface area contributed by atoms with Gasteiger partial charge in [-0.1, -0.05) is 30.3 Å². The Hall–Kier alpha value is -2.34. The van der Waals surface area contributed by atoms with Crippen LogP contribution in [0.2, 0.25) is 0 Å². The van der Waals surface area contributed by atoms with Gasteiger partial charge in [0.05, 0.1) is 30.8 Å². The Morgan fingerprint density at radius 3 is 2.71 bits per heavy atom. The average molecular weight is 391 g/mol. The van der Waals surface area contributed by atoms with Gasteiger partial charge in [-0.2, -0.15) is 5.10 Å². The number of hydrazone groups is 1. The highest BCUT2D eigenvalue weighted by molar-refractivity contribution is 9.10. The van der Waals surface area contributed by atoms with Crippen molar-refractivity contribution in [2.75, 3.05) is 13.7 Å². The van der Waals surface area contributed by atoms with Crippen LogP contribution in [0.25, 0.3) is 0 Å². The maximum Gasteiger partial charge on any atom is 0.244 e. The Labute approximate surface area is 149 Å². The van der Waals surface area contributed by atoms with E-state index in [9.17, 15) is 4.79 Å². The van der Waals surface area contributed by atoms with E-state index in [4.69, 9.17) is 9.47 Å². The van der Waals surface area contributed by atoms with Gasteiger partial charge in [0.15, 0.2) is 11.5 Å². The number of hydrogen-bond acceptors (Lipinski definition) is 4. The van der Waals surface area contributed by atoms with Crippen molar-refractivity contribution >= 4 is 28.1 Å². The van der Waals surface area contributed by atoms with Crippen LogP contribution in [0.1, 0.15) is 18.1 Å². The molecule has 0 aliphatic carbocycles. The van der Waals surface area contributed by atoms with Crippen LogP contribution in [0.4, 0.5) is 0 Å². The van der Waals surface area contributed by atoms with E-state index in [1.807, 2.05) is 43.3 Å². The van der Waals surface area contributed by atoms with E-state index in [0.717, 1.165) is 15.6 Å². The minimum absolute atomic E-state index is 0.172. The lowest BCUT2D eigenvalue weighted by atomic mass is 10.1. The molecule has 1 N–H and O–H groups in total. The van der Waals surface area contributed by atoms with Crippen LogP contribution < -0.4 is 14.9 Å². The van der Waals surface area contributed by atoms with Crippen molar-refractivity contribution in [3.8, 4) is 11.5 Å². The Morgan fingerprint density at radius 1 is 1.29 bits per heavy atom. The number of nitrogens with zero attached hydrogens (tertiary/aromatic N) is 1.